The molecule has 0 spiro atoms. The highest BCUT2D eigenvalue weighted by Crippen LogP contribution is 2.20. The molecule has 0 unspecified atom stereocenters. The van der Waals surface area contributed by atoms with Crippen LogP contribution < -0.4 is 21.3 Å². The first kappa shape index (κ1) is 72.9. The van der Waals surface area contributed by atoms with Crippen molar-refractivity contribution in [2.24, 2.45) is 17.8 Å². The summed E-state index contributed by atoms with van der Waals surface area (Å²) >= 11 is 4.95. The number of alkyl halides is 1. The third kappa shape index (κ3) is 46.5. The van der Waals surface area contributed by atoms with Gasteiger partial charge in [0.15, 0.2) is 0 Å². The van der Waals surface area contributed by atoms with Crippen LogP contribution in [-0.4, -0.2) is 199 Å². The highest BCUT2D eigenvalue weighted by Gasteiger charge is 2.31. The minimum atomic E-state index is -1.84. The van der Waals surface area contributed by atoms with Crippen LogP contribution in [0.25, 0.3) is 0 Å². The number of carbonyl (C=O) groups is 5. The van der Waals surface area contributed by atoms with Gasteiger partial charge in [0.2, 0.25) is 26.0 Å². The number of hydrogen-bond acceptors (Lipinski definition) is 9. The van der Waals surface area contributed by atoms with Crippen molar-refractivity contribution in [2.75, 3.05) is 113 Å². The highest BCUT2D eigenvalue weighted by atomic mass is 127. The molecule has 0 bridgehead atoms. The van der Waals surface area contributed by atoms with Gasteiger partial charge in [-0.3, -0.25) is 14.4 Å². The molecule has 416 valence electrons. The van der Waals surface area contributed by atoms with Crippen molar-refractivity contribution < 1.29 is 47.2 Å². The van der Waals surface area contributed by atoms with Gasteiger partial charge in [0.1, 0.15) is 5.57 Å². The minimum Gasteiger partial charge on any atom is -0.504 e. The van der Waals surface area contributed by atoms with E-state index in [1.165, 1.54) is 23.8 Å². The Morgan fingerprint density at radius 2 is 0.900 bits per heavy atom. The number of hydrogen-bond donors (Lipinski definition) is 5. The Hall–Kier alpha value is -1.32. The average molecular weight is 1260 g/mol. The predicted octanol–water partition coefficient (Wildman–Crippen LogP) is 8.32. The largest absolute Gasteiger partial charge is 0.504 e. The Balaban J connectivity index is -0.000000855. The maximum absolute atomic E-state index is 12.0. The molecule has 5 N–H and O–H groups in total. The summed E-state index contributed by atoms with van der Waals surface area (Å²) in [5, 5.41) is 19.1. The first-order valence-corrected chi connectivity index (χ1v) is 37.5. The number of carbonyl (C=O) groups excluding carboxylic acids is 5. The van der Waals surface area contributed by atoms with Gasteiger partial charge in [-0.1, -0.05) is 42.2 Å². The van der Waals surface area contributed by atoms with Crippen molar-refractivity contribution >= 4 is 88.2 Å². The van der Waals surface area contributed by atoms with E-state index in [4.69, 9.17) is 14.3 Å². The molecule has 0 atom stereocenters. The normalized spacial score (nSPS) is 16.0. The summed E-state index contributed by atoms with van der Waals surface area (Å²) in [6.07, 6.45) is 9.07. The molecule has 0 aromatic rings. The van der Waals surface area contributed by atoms with Gasteiger partial charge in [-0.15, -0.1) is 21.8 Å². The number of aliphatic hydroxyl groups is 1. The minimum absolute atomic E-state index is 0.0194. The van der Waals surface area contributed by atoms with Crippen molar-refractivity contribution in [3.05, 3.63) is 0 Å². The molecule has 3 fully saturated rings. The summed E-state index contributed by atoms with van der Waals surface area (Å²) < 4.78 is 14.1. The van der Waals surface area contributed by atoms with Crippen molar-refractivity contribution in [1.29, 1.82) is 0 Å². The predicted molar refractivity (Wildman–Crippen MR) is 314 cm³/mol. The molecule has 16 nitrogen and oxygen atoms in total. The zero-order valence-electron chi connectivity index (χ0n) is 48.0. The molecule has 3 saturated heterocycles. The lowest BCUT2D eigenvalue weighted by Gasteiger charge is -2.33. The standard InChI is InChI=1S/C17H33N3O3.C13H26N2O3Si.C9H18N2O.C7H17IN.C3H9ISi.CH4O/c1-14(2)18-16(21)15-8-10-19(11-9-15)17(22)23-13-7-6-12-20(3,4)5;1-10(2)14-12(16)11-6-8-15(9-7-11)13(17)18-19(3,4)5;1-7(2)11-9(12)8-3-5-10-6-4-8;1-9(2,3)7-5-4-6-8;1-5(2,3)4;1-2/h14-15H,6-13H2,1-5H3;10-11H,6-9H2,1-5H3,(H,14,16);7-8,10H,3-6H2,1-2H3,(H,11,12);4-7H2,1-3H3;1-3H3;2H,1H3/q;;;+1;;/p+1. The smallest absolute Gasteiger partial charge is 0.409 e. The zero-order valence-corrected chi connectivity index (χ0v) is 54.3. The van der Waals surface area contributed by atoms with Crippen molar-refractivity contribution in [3.63, 3.8) is 0 Å². The number of nitrogens with zero attached hydrogens (tertiary/aromatic N) is 4. The molecule has 3 aliphatic rings. The highest BCUT2D eigenvalue weighted by molar-refractivity contribution is 14.1. The summed E-state index contributed by atoms with van der Waals surface area (Å²) in [7, 11) is 12.4. The van der Waals surface area contributed by atoms with Crippen LogP contribution in [0.3, 0.4) is 0 Å². The fraction of sp³-hybridized carbons (Fsp3) is 0.900. The molecular formula is C50H108I2N8O8Si2+2. The van der Waals surface area contributed by atoms with E-state index < -0.39 is 13.9 Å². The summed E-state index contributed by atoms with van der Waals surface area (Å²) in [5.74, 6) is 0.728. The fourth-order valence-electron chi connectivity index (χ4n) is 6.89. The number of amides is 5. The van der Waals surface area contributed by atoms with Crippen molar-refractivity contribution in [2.45, 2.75) is 163 Å². The molecule has 3 heterocycles. The second kappa shape index (κ2) is 39.1. The average Bonchev–Trinajstić information content (AvgIpc) is 3.23. The number of quaternary nitrogens is 2. The van der Waals surface area contributed by atoms with E-state index in [0.717, 1.165) is 87.1 Å². The van der Waals surface area contributed by atoms with Gasteiger partial charge < -0.3 is 54.3 Å². The Labute approximate surface area is 457 Å². The van der Waals surface area contributed by atoms with E-state index in [1.807, 2.05) is 61.2 Å². The van der Waals surface area contributed by atoms with E-state index in [9.17, 15) is 24.0 Å². The van der Waals surface area contributed by atoms with Gasteiger partial charge in [-0.25, -0.2) is 9.59 Å². The number of nitrogens with one attached hydrogen (secondary N) is 4. The molecule has 3 aliphatic heterocycles. The number of piperidine rings is 3. The molecule has 0 aliphatic carbocycles. The van der Waals surface area contributed by atoms with E-state index in [0.29, 0.717) is 32.8 Å². The zero-order chi connectivity index (χ0) is 54.9. The quantitative estimate of drug-likeness (QED) is 0.0254. The number of rotatable bonds is 16. The first-order chi connectivity index (χ1) is 32.1. The molecule has 70 heavy (non-hydrogen) atoms. The van der Waals surface area contributed by atoms with Crippen LogP contribution in [0.2, 0.25) is 39.3 Å². The van der Waals surface area contributed by atoms with Crippen LogP contribution in [0, 0.1) is 17.8 Å². The number of halogens is 2. The van der Waals surface area contributed by atoms with Gasteiger partial charge in [0.05, 0.1) is 62.0 Å². The molecule has 20 heteroatoms. The van der Waals surface area contributed by atoms with E-state index >= 15 is 0 Å². The Morgan fingerprint density at radius 3 is 1.20 bits per heavy atom. The number of likely N-dealkylation sites (tertiary alicyclic amines) is 2. The third-order valence-corrected chi connectivity index (χ3v) is 11.9. The first-order valence-electron chi connectivity index (χ1n) is 26.0. The Bertz CT molecular complexity index is 1400. The second-order valence-corrected chi connectivity index (χ2v) is 42.7. The number of aliphatic hydroxyl groups excluding tert-OH is 1. The number of ether oxygens (including phenoxy) is 1. The van der Waals surface area contributed by atoms with Gasteiger partial charge in [-0.2, -0.15) is 0 Å². The third-order valence-electron chi connectivity index (χ3n) is 10.3. The molecule has 0 aromatic heterocycles. The van der Waals surface area contributed by atoms with E-state index in [-0.39, 0.29) is 65.8 Å². The van der Waals surface area contributed by atoms with Crippen LogP contribution in [0.1, 0.15) is 106 Å². The van der Waals surface area contributed by atoms with Gasteiger partial charge in [0, 0.05) is 69.2 Å². The van der Waals surface area contributed by atoms with Crippen LogP contribution >= 0.6 is 44.4 Å². The molecule has 5 amide bonds. The molecule has 0 saturated carbocycles. The lowest BCUT2D eigenvalue weighted by Crippen LogP contribution is -2.46. The van der Waals surface area contributed by atoms with Gasteiger partial charge in [-0.05, 0) is 143 Å². The summed E-state index contributed by atoms with van der Waals surface area (Å²) in [6, 6.07) is 0.604. The van der Waals surface area contributed by atoms with Crippen molar-refractivity contribution in [1.82, 2.24) is 31.1 Å². The summed E-state index contributed by atoms with van der Waals surface area (Å²) in [5.41, 5.74) is -0.641. The van der Waals surface area contributed by atoms with Crippen LogP contribution in [0.15, 0.2) is 0 Å². The maximum Gasteiger partial charge on any atom is 0.409 e. The van der Waals surface area contributed by atoms with Crippen LogP contribution in [-0.2, 0) is 23.5 Å². The van der Waals surface area contributed by atoms with E-state index in [1.54, 1.807) is 9.80 Å². The SMILES string of the molecule is CC(C)NC(=O)C1CCN(C(=O)OCCCC[N+](C)(C)C)CC1.CC(C)NC(=O)C1CCN(C(=O)O[Si](C)(C)C)CC1.CC(C)NC(=O)C1CCNCC1.CO.C[N+](C)(C)CCCCI.C[Si](C)(C)I. The molecule has 0 aromatic carbocycles. The lowest BCUT2D eigenvalue weighted by molar-refractivity contribution is -0.870. The monoisotopic (exact) mass is 1260 g/mol. The lowest BCUT2D eigenvalue weighted by atomic mass is 9.96. The Kier molecular flexibility index (Phi) is 40.8. The van der Waals surface area contributed by atoms with Crippen LogP contribution in [0.4, 0.5) is 9.59 Å². The summed E-state index contributed by atoms with van der Waals surface area (Å²) in [4.78, 5) is 62.7. The van der Waals surface area contributed by atoms with Gasteiger partial charge in [0.25, 0.3) is 0 Å². The van der Waals surface area contributed by atoms with Crippen LogP contribution in [0.5, 0.6) is 0 Å². The van der Waals surface area contributed by atoms with Gasteiger partial charge >= 0.3 is 12.2 Å². The molecule has 0 radical (unpaired) electrons. The molecule has 3 rings (SSSR count). The summed E-state index contributed by atoms with van der Waals surface area (Å²) in [6.45, 7) is 32.0. The maximum atomic E-state index is 12.0. The van der Waals surface area contributed by atoms with E-state index in [2.05, 4.69) is 128 Å². The fourth-order valence-corrected chi connectivity index (χ4v) is 8.08. The number of unbranched alkanes of at least 4 members (excludes halogenated alkanes) is 2. The second-order valence-electron chi connectivity index (χ2n) is 23.3. The van der Waals surface area contributed by atoms with Crippen molar-refractivity contribution in [3.8, 4) is 0 Å². The molecular weight excluding hydrogens is 1150 g/mol. The topological polar surface area (TPSA) is 179 Å². The Morgan fingerprint density at radius 1 is 0.586 bits per heavy atom.